The van der Waals surface area contributed by atoms with Crippen LogP contribution in [-0.4, -0.2) is 16.2 Å². The topological polar surface area (TPSA) is 55.4 Å². The Kier molecular flexibility index (Phi) is 4.28. The smallest absolute Gasteiger partial charge is 0.317 e. The van der Waals surface area contributed by atoms with Gasteiger partial charge in [0.1, 0.15) is 10.1 Å². The molecule has 0 aromatic heterocycles. The number of rotatable bonds is 4. The first kappa shape index (κ1) is 15.8. The quantitative estimate of drug-likeness (QED) is 0.514. The monoisotopic (exact) mass is 349 g/mol. The summed E-state index contributed by atoms with van der Waals surface area (Å²) in [6, 6.07) is 15.4. The summed E-state index contributed by atoms with van der Waals surface area (Å²) in [4.78, 5) is 24.0. The Morgan fingerprint density at radius 3 is 2.43 bits per heavy atom. The van der Waals surface area contributed by atoms with E-state index in [2.05, 4.69) is 5.32 Å². The van der Waals surface area contributed by atoms with Crippen LogP contribution in [0.3, 0.4) is 0 Å². The highest BCUT2D eigenvalue weighted by atomic mass is 35.5. The highest BCUT2D eigenvalue weighted by molar-refractivity contribution is 6.52. The van der Waals surface area contributed by atoms with E-state index in [9.17, 15) is 9.59 Å². The normalized spacial score (nSPS) is 18.1. The number of ether oxygens (including phenoxy) is 1. The number of nitrogens with one attached hydrogen (secondary N) is 1. The van der Waals surface area contributed by atoms with Gasteiger partial charge in [-0.1, -0.05) is 24.3 Å². The van der Waals surface area contributed by atoms with Gasteiger partial charge in [-0.05, 0) is 30.7 Å². The number of alkyl halides is 2. The molecule has 0 spiro atoms. The molecule has 1 aliphatic rings. The van der Waals surface area contributed by atoms with E-state index >= 15 is 0 Å². The molecule has 2 aromatic rings. The molecule has 1 fully saturated rings. The van der Waals surface area contributed by atoms with E-state index in [-0.39, 0.29) is 5.91 Å². The maximum absolute atomic E-state index is 12.1. The van der Waals surface area contributed by atoms with Gasteiger partial charge in [-0.15, -0.1) is 23.2 Å². The van der Waals surface area contributed by atoms with Crippen LogP contribution < -0.4 is 10.1 Å². The van der Waals surface area contributed by atoms with Gasteiger partial charge in [-0.3, -0.25) is 9.59 Å². The van der Waals surface area contributed by atoms with Crippen molar-refractivity contribution in [2.24, 2.45) is 5.92 Å². The number of carbonyl (C=O) groups excluding carboxylic acids is 2. The molecule has 1 N–H and O–H groups in total. The Labute approximate surface area is 143 Å². The molecule has 23 heavy (non-hydrogen) atoms. The molecular weight excluding hydrogens is 337 g/mol. The minimum Gasteiger partial charge on any atom is -0.426 e. The van der Waals surface area contributed by atoms with Gasteiger partial charge in [-0.2, -0.15) is 0 Å². The number of carbonyl (C=O) groups is 2. The minimum atomic E-state index is -1.02. The lowest BCUT2D eigenvalue weighted by atomic mass is 10.2. The Hall–Kier alpha value is -2.04. The molecule has 118 valence electrons. The van der Waals surface area contributed by atoms with Crippen LogP contribution in [0.4, 0.5) is 5.69 Å². The van der Waals surface area contributed by atoms with Gasteiger partial charge < -0.3 is 10.1 Å². The fraction of sp³-hybridized carbons (Fsp3) is 0.176. The molecular formula is C17H13Cl2NO3. The van der Waals surface area contributed by atoms with Crippen LogP contribution >= 0.6 is 23.2 Å². The second kappa shape index (κ2) is 6.22. The summed E-state index contributed by atoms with van der Waals surface area (Å²) in [7, 11) is 0. The largest absolute Gasteiger partial charge is 0.426 e. The first-order chi connectivity index (χ1) is 11.0. The molecule has 6 heteroatoms. The average Bonchev–Trinajstić information content (AvgIpc) is 3.17. The molecule has 1 amide bonds. The lowest BCUT2D eigenvalue weighted by molar-refractivity contribution is -0.135. The van der Waals surface area contributed by atoms with Crippen LogP contribution in [0, 0.1) is 5.92 Å². The number of benzene rings is 2. The standard InChI is InChI=1S/C17H13Cl2NO3/c18-17(19)10-14(17)16(22)23-13-8-4-7-12(9-13)20-15(21)11-5-2-1-3-6-11/h1-9,14H,10H2,(H,20,21). The SMILES string of the molecule is O=C(Nc1cccc(OC(=O)C2CC2(Cl)Cl)c1)c1ccccc1. The molecule has 1 saturated carbocycles. The molecule has 0 aliphatic heterocycles. The minimum absolute atomic E-state index is 0.239. The van der Waals surface area contributed by atoms with Gasteiger partial charge in [0.15, 0.2) is 0 Å². The van der Waals surface area contributed by atoms with Gasteiger partial charge >= 0.3 is 5.97 Å². The molecule has 1 atom stereocenters. The first-order valence-corrected chi connectivity index (χ1v) is 7.77. The van der Waals surface area contributed by atoms with Gasteiger partial charge in [0, 0.05) is 17.3 Å². The predicted octanol–water partition coefficient (Wildman–Crippen LogP) is 4.04. The molecule has 0 heterocycles. The third kappa shape index (κ3) is 3.84. The maximum Gasteiger partial charge on any atom is 0.317 e. The van der Waals surface area contributed by atoms with Gasteiger partial charge in [0.25, 0.3) is 5.91 Å². The van der Waals surface area contributed by atoms with Gasteiger partial charge in [-0.25, -0.2) is 0 Å². The zero-order chi connectivity index (χ0) is 16.4. The number of hydrogen-bond acceptors (Lipinski definition) is 3. The second-order valence-corrected chi connectivity index (χ2v) is 6.83. The molecule has 1 unspecified atom stereocenters. The number of amides is 1. The molecule has 0 radical (unpaired) electrons. The van der Waals surface area contributed by atoms with Gasteiger partial charge in [0.2, 0.25) is 0 Å². The van der Waals surface area contributed by atoms with Crippen molar-refractivity contribution in [1.29, 1.82) is 0 Å². The summed E-state index contributed by atoms with van der Waals surface area (Å²) in [5.41, 5.74) is 1.07. The van der Waals surface area contributed by atoms with E-state index in [1.165, 1.54) is 0 Å². The number of anilines is 1. The zero-order valence-electron chi connectivity index (χ0n) is 12.0. The summed E-state index contributed by atoms with van der Waals surface area (Å²) < 4.78 is 4.23. The lowest BCUT2D eigenvalue weighted by Gasteiger charge is -2.08. The van der Waals surface area contributed by atoms with Crippen molar-refractivity contribution in [2.75, 3.05) is 5.32 Å². The Balaban J connectivity index is 1.66. The van der Waals surface area contributed by atoms with Crippen molar-refractivity contribution in [3.63, 3.8) is 0 Å². The van der Waals surface area contributed by atoms with E-state index in [1.54, 1.807) is 48.5 Å². The number of esters is 1. The zero-order valence-corrected chi connectivity index (χ0v) is 13.5. The van der Waals surface area contributed by atoms with E-state index in [4.69, 9.17) is 27.9 Å². The van der Waals surface area contributed by atoms with Crippen LogP contribution in [-0.2, 0) is 4.79 Å². The summed E-state index contributed by atoms with van der Waals surface area (Å²) in [6.07, 6.45) is 0.388. The average molecular weight is 350 g/mol. The first-order valence-electron chi connectivity index (χ1n) is 7.02. The van der Waals surface area contributed by atoms with Crippen molar-refractivity contribution in [3.05, 3.63) is 60.2 Å². The van der Waals surface area contributed by atoms with Crippen molar-refractivity contribution in [1.82, 2.24) is 0 Å². The summed E-state index contributed by atoms with van der Waals surface area (Å²) in [5.74, 6) is -0.886. The fourth-order valence-corrected chi connectivity index (χ4v) is 2.57. The molecule has 3 rings (SSSR count). The molecule has 0 bridgehead atoms. The summed E-state index contributed by atoms with van der Waals surface area (Å²) in [6.45, 7) is 0. The van der Waals surface area contributed by atoms with E-state index in [0.717, 1.165) is 0 Å². The Bertz CT molecular complexity index is 747. The molecule has 1 aliphatic carbocycles. The van der Waals surface area contributed by atoms with Crippen LogP contribution in [0.2, 0.25) is 0 Å². The van der Waals surface area contributed by atoms with E-state index in [1.807, 2.05) is 6.07 Å². The predicted molar refractivity (Wildman–Crippen MR) is 89.0 cm³/mol. The van der Waals surface area contributed by atoms with E-state index < -0.39 is 16.2 Å². The van der Waals surface area contributed by atoms with Crippen molar-refractivity contribution < 1.29 is 14.3 Å². The van der Waals surface area contributed by atoms with Crippen molar-refractivity contribution >= 4 is 40.8 Å². The fourth-order valence-electron chi connectivity index (χ4n) is 2.09. The summed E-state index contributed by atoms with van der Waals surface area (Å²) in [5, 5.41) is 2.75. The third-order valence-corrected chi connectivity index (χ3v) is 4.29. The van der Waals surface area contributed by atoms with Crippen molar-refractivity contribution in [2.45, 2.75) is 10.8 Å². The lowest BCUT2D eigenvalue weighted by Crippen LogP contribution is -2.14. The van der Waals surface area contributed by atoms with Crippen LogP contribution in [0.5, 0.6) is 5.75 Å². The second-order valence-electron chi connectivity index (χ2n) is 5.29. The molecule has 2 aromatic carbocycles. The summed E-state index contributed by atoms with van der Waals surface area (Å²) >= 11 is 11.7. The molecule has 0 saturated heterocycles. The van der Waals surface area contributed by atoms with Crippen molar-refractivity contribution in [3.8, 4) is 5.75 Å². The molecule has 4 nitrogen and oxygen atoms in total. The van der Waals surface area contributed by atoms with Gasteiger partial charge in [0.05, 0.1) is 5.92 Å². The van der Waals surface area contributed by atoms with Crippen LogP contribution in [0.15, 0.2) is 54.6 Å². The van der Waals surface area contributed by atoms with Crippen LogP contribution in [0.25, 0.3) is 0 Å². The highest BCUT2D eigenvalue weighted by Gasteiger charge is 2.57. The highest BCUT2D eigenvalue weighted by Crippen LogP contribution is 2.53. The number of hydrogen-bond donors (Lipinski definition) is 1. The van der Waals surface area contributed by atoms with Crippen LogP contribution in [0.1, 0.15) is 16.8 Å². The Morgan fingerprint density at radius 1 is 1.09 bits per heavy atom. The maximum atomic E-state index is 12.1. The number of halogens is 2. The Morgan fingerprint density at radius 2 is 1.78 bits per heavy atom. The van der Waals surface area contributed by atoms with E-state index in [0.29, 0.717) is 23.4 Å². The third-order valence-electron chi connectivity index (χ3n) is 3.46.